The van der Waals surface area contributed by atoms with Crippen molar-refractivity contribution in [1.29, 1.82) is 0 Å². The van der Waals surface area contributed by atoms with Crippen LogP contribution in [0.5, 0.6) is 5.75 Å². The van der Waals surface area contributed by atoms with E-state index in [4.69, 9.17) is 4.74 Å². The average Bonchev–Trinajstić information content (AvgIpc) is 2.69. The van der Waals surface area contributed by atoms with E-state index in [1.807, 2.05) is 0 Å². The SMILES string of the molecule is COc1ccc2c(c1)CNCC[C@H]2c1ccccc1. The molecule has 0 aromatic heterocycles. The molecule has 0 amide bonds. The third kappa shape index (κ3) is 2.49. The zero-order valence-electron chi connectivity index (χ0n) is 11.2. The molecule has 2 heteroatoms. The molecule has 19 heavy (non-hydrogen) atoms. The third-order valence-electron chi connectivity index (χ3n) is 3.85. The maximum Gasteiger partial charge on any atom is 0.119 e. The van der Waals surface area contributed by atoms with Crippen molar-refractivity contribution < 1.29 is 4.74 Å². The highest BCUT2D eigenvalue weighted by molar-refractivity contribution is 5.43. The molecule has 1 aliphatic rings. The van der Waals surface area contributed by atoms with Crippen LogP contribution in [0.2, 0.25) is 0 Å². The highest BCUT2D eigenvalue weighted by Gasteiger charge is 2.20. The molecule has 98 valence electrons. The molecule has 0 spiro atoms. The number of fused-ring (bicyclic) bond motifs is 1. The highest BCUT2D eigenvalue weighted by Crippen LogP contribution is 2.33. The number of hydrogen-bond acceptors (Lipinski definition) is 2. The Balaban J connectivity index is 2.04. The van der Waals surface area contributed by atoms with E-state index in [2.05, 4.69) is 53.8 Å². The summed E-state index contributed by atoms with van der Waals surface area (Å²) in [5.74, 6) is 1.42. The Bertz CT molecular complexity index is 550. The summed E-state index contributed by atoms with van der Waals surface area (Å²) in [6.45, 7) is 1.98. The van der Waals surface area contributed by atoms with Crippen molar-refractivity contribution in [2.45, 2.75) is 18.9 Å². The molecule has 1 atom stereocenters. The smallest absolute Gasteiger partial charge is 0.119 e. The highest BCUT2D eigenvalue weighted by atomic mass is 16.5. The van der Waals surface area contributed by atoms with Crippen LogP contribution in [0.15, 0.2) is 48.5 Å². The normalized spacial score (nSPS) is 18.5. The number of ether oxygens (including phenoxy) is 1. The summed E-state index contributed by atoms with van der Waals surface area (Å²) in [6, 6.07) is 17.2. The Morgan fingerprint density at radius 3 is 2.74 bits per heavy atom. The van der Waals surface area contributed by atoms with Crippen LogP contribution in [0.25, 0.3) is 0 Å². The van der Waals surface area contributed by atoms with Gasteiger partial charge in [-0.25, -0.2) is 0 Å². The minimum Gasteiger partial charge on any atom is -0.497 e. The number of hydrogen-bond donors (Lipinski definition) is 1. The molecule has 0 fully saturated rings. The number of methoxy groups -OCH3 is 1. The van der Waals surface area contributed by atoms with Crippen molar-refractivity contribution >= 4 is 0 Å². The largest absolute Gasteiger partial charge is 0.497 e. The van der Waals surface area contributed by atoms with E-state index in [9.17, 15) is 0 Å². The first-order chi connectivity index (χ1) is 9.38. The lowest BCUT2D eigenvalue weighted by atomic mass is 9.86. The molecule has 3 rings (SSSR count). The Kier molecular flexibility index (Phi) is 3.51. The van der Waals surface area contributed by atoms with Crippen molar-refractivity contribution in [1.82, 2.24) is 5.32 Å². The molecule has 0 unspecified atom stereocenters. The van der Waals surface area contributed by atoms with Crippen molar-refractivity contribution in [3.63, 3.8) is 0 Å². The summed E-state index contributed by atoms with van der Waals surface area (Å²) < 4.78 is 5.33. The van der Waals surface area contributed by atoms with Crippen LogP contribution in [0.3, 0.4) is 0 Å². The van der Waals surface area contributed by atoms with E-state index in [1.54, 1.807) is 7.11 Å². The van der Waals surface area contributed by atoms with E-state index >= 15 is 0 Å². The van der Waals surface area contributed by atoms with Gasteiger partial charge in [-0.05, 0) is 41.8 Å². The molecule has 2 nitrogen and oxygen atoms in total. The number of nitrogens with one attached hydrogen (secondary N) is 1. The monoisotopic (exact) mass is 253 g/mol. The predicted molar refractivity (Wildman–Crippen MR) is 77.6 cm³/mol. The first-order valence-corrected chi connectivity index (χ1v) is 6.81. The summed E-state index contributed by atoms with van der Waals surface area (Å²) >= 11 is 0. The van der Waals surface area contributed by atoms with Crippen LogP contribution in [-0.4, -0.2) is 13.7 Å². The fourth-order valence-corrected chi connectivity index (χ4v) is 2.86. The van der Waals surface area contributed by atoms with Gasteiger partial charge in [0.15, 0.2) is 0 Å². The number of benzene rings is 2. The van der Waals surface area contributed by atoms with Gasteiger partial charge in [-0.15, -0.1) is 0 Å². The van der Waals surface area contributed by atoms with Crippen molar-refractivity contribution in [2.75, 3.05) is 13.7 Å². The lowest BCUT2D eigenvalue weighted by molar-refractivity contribution is 0.414. The minimum atomic E-state index is 0.483. The lowest BCUT2D eigenvalue weighted by Gasteiger charge is -2.18. The van der Waals surface area contributed by atoms with Gasteiger partial charge in [-0.3, -0.25) is 0 Å². The molecule has 0 aliphatic carbocycles. The Hall–Kier alpha value is -1.80. The molecule has 2 aromatic rings. The van der Waals surface area contributed by atoms with Gasteiger partial charge in [0.25, 0.3) is 0 Å². The maximum absolute atomic E-state index is 5.33. The van der Waals surface area contributed by atoms with Crippen LogP contribution < -0.4 is 10.1 Å². The molecule has 0 bridgehead atoms. The Morgan fingerprint density at radius 1 is 1.11 bits per heavy atom. The van der Waals surface area contributed by atoms with Gasteiger partial charge in [-0.2, -0.15) is 0 Å². The maximum atomic E-state index is 5.33. The van der Waals surface area contributed by atoms with Gasteiger partial charge >= 0.3 is 0 Å². The fraction of sp³-hybridized carbons (Fsp3) is 0.294. The molecule has 0 saturated heterocycles. The minimum absolute atomic E-state index is 0.483. The zero-order chi connectivity index (χ0) is 13.1. The van der Waals surface area contributed by atoms with Gasteiger partial charge in [0, 0.05) is 12.5 Å². The summed E-state index contributed by atoms with van der Waals surface area (Å²) in [5, 5.41) is 3.50. The van der Waals surface area contributed by atoms with Gasteiger partial charge in [0.2, 0.25) is 0 Å². The lowest BCUT2D eigenvalue weighted by Crippen LogP contribution is -2.12. The second-order valence-corrected chi connectivity index (χ2v) is 4.99. The molecule has 1 N–H and O–H groups in total. The fourth-order valence-electron chi connectivity index (χ4n) is 2.86. The van der Waals surface area contributed by atoms with E-state index in [1.165, 1.54) is 16.7 Å². The molecule has 0 saturated carbocycles. The van der Waals surface area contributed by atoms with E-state index in [0.717, 1.165) is 25.3 Å². The third-order valence-corrected chi connectivity index (χ3v) is 3.85. The average molecular weight is 253 g/mol. The standard InChI is InChI=1S/C17H19NO/c1-19-15-7-8-16-14(11-15)12-18-10-9-17(16)13-5-3-2-4-6-13/h2-8,11,17-18H,9-10,12H2,1H3/t17-/m0/s1. The number of rotatable bonds is 2. The molecular weight excluding hydrogens is 234 g/mol. The van der Waals surface area contributed by atoms with Gasteiger partial charge in [-0.1, -0.05) is 36.4 Å². The van der Waals surface area contributed by atoms with Crippen LogP contribution >= 0.6 is 0 Å². The van der Waals surface area contributed by atoms with Crippen LogP contribution in [0, 0.1) is 0 Å². The van der Waals surface area contributed by atoms with E-state index in [0.29, 0.717) is 5.92 Å². The van der Waals surface area contributed by atoms with Crippen LogP contribution in [0.4, 0.5) is 0 Å². The van der Waals surface area contributed by atoms with E-state index in [-0.39, 0.29) is 0 Å². The second-order valence-electron chi connectivity index (χ2n) is 4.99. The molecule has 1 aliphatic heterocycles. The van der Waals surface area contributed by atoms with Crippen LogP contribution in [0.1, 0.15) is 29.0 Å². The molecule has 2 aromatic carbocycles. The van der Waals surface area contributed by atoms with Crippen molar-refractivity contribution in [3.8, 4) is 5.75 Å². The van der Waals surface area contributed by atoms with E-state index < -0.39 is 0 Å². The molecule has 0 radical (unpaired) electrons. The van der Waals surface area contributed by atoms with Crippen LogP contribution in [-0.2, 0) is 6.54 Å². The topological polar surface area (TPSA) is 21.3 Å². The summed E-state index contributed by atoms with van der Waals surface area (Å²) in [7, 11) is 1.72. The van der Waals surface area contributed by atoms with Crippen molar-refractivity contribution in [3.05, 3.63) is 65.2 Å². The van der Waals surface area contributed by atoms with Gasteiger partial charge in [0.05, 0.1) is 7.11 Å². The van der Waals surface area contributed by atoms with Gasteiger partial charge < -0.3 is 10.1 Å². The summed E-state index contributed by atoms with van der Waals surface area (Å²) in [4.78, 5) is 0. The summed E-state index contributed by atoms with van der Waals surface area (Å²) in [6.07, 6.45) is 1.14. The first-order valence-electron chi connectivity index (χ1n) is 6.81. The molecular formula is C17H19NO. The molecule has 1 heterocycles. The Morgan fingerprint density at radius 2 is 1.95 bits per heavy atom. The predicted octanol–water partition coefficient (Wildman–Crippen LogP) is 3.32. The quantitative estimate of drug-likeness (QED) is 0.886. The summed E-state index contributed by atoms with van der Waals surface area (Å²) in [5.41, 5.74) is 4.18. The second kappa shape index (κ2) is 5.45. The van der Waals surface area contributed by atoms with Gasteiger partial charge in [0.1, 0.15) is 5.75 Å². The first kappa shape index (κ1) is 12.2. The zero-order valence-corrected chi connectivity index (χ0v) is 11.2. The Labute approximate surface area is 114 Å². The van der Waals surface area contributed by atoms with Crippen molar-refractivity contribution in [2.24, 2.45) is 0 Å².